The monoisotopic (exact) mass is 804 g/mol. The number of rotatable bonds is 41. The van der Waals surface area contributed by atoms with Crippen LogP contribution in [0.15, 0.2) is 0 Å². The highest BCUT2D eigenvalue weighted by Crippen LogP contribution is 2.15. The molecule has 0 bridgehead atoms. The third-order valence-corrected chi connectivity index (χ3v) is 8.51. The van der Waals surface area contributed by atoms with Gasteiger partial charge < -0.3 is 45.1 Å². The van der Waals surface area contributed by atoms with Crippen molar-refractivity contribution in [3.63, 3.8) is 0 Å². The second kappa shape index (κ2) is 43.0. The Balaban J connectivity index is 0. The molecule has 0 aromatic heterocycles. The number of hydrogen-bond donors (Lipinski definition) is 5. The number of ether oxygens (including phenoxy) is 4. The van der Waals surface area contributed by atoms with Crippen LogP contribution in [0.25, 0.3) is 0 Å². The molecule has 5 N–H and O–H groups in total. The quantitative estimate of drug-likeness (QED) is 0.0468. The molecular weight excluding hydrogens is 726 g/mol. The molecule has 15 nitrogen and oxygen atoms in total. The molecule has 1 atom stereocenters. The number of unbranched alkanes of at least 4 members (excludes halogenated alkanes) is 16. The van der Waals surface area contributed by atoms with E-state index in [9.17, 15) is 33.9 Å². The van der Waals surface area contributed by atoms with Gasteiger partial charge in [0, 0.05) is 32.4 Å². The molecule has 3 amide bonds. The minimum Gasteiger partial charge on any atom is -0.481 e. The van der Waals surface area contributed by atoms with E-state index >= 15 is 0 Å². The first-order valence-electron chi connectivity index (χ1n) is 21.2. The maximum absolute atomic E-state index is 12.3. The van der Waals surface area contributed by atoms with Crippen LogP contribution < -0.4 is 16.0 Å². The number of carbonyl (C=O) groups excluding carboxylic acids is 4. The third kappa shape index (κ3) is 43.6. The van der Waals surface area contributed by atoms with E-state index in [0.29, 0.717) is 32.8 Å². The van der Waals surface area contributed by atoms with E-state index < -0.39 is 18.0 Å². The lowest BCUT2D eigenvalue weighted by molar-refractivity contribution is -0.142. The van der Waals surface area contributed by atoms with Crippen LogP contribution in [-0.2, 0) is 47.7 Å². The van der Waals surface area contributed by atoms with Crippen molar-refractivity contribution in [3.8, 4) is 0 Å². The van der Waals surface area contributed by atoms with Gasteiger partial charge in [-0.2, -0.15) is 0 Å². The van der Waals surface area contributed by atoms with Gasteiger partial charge >= 0.3 is 11.9 Å². The topological polar surface area (TPSA) is 216 Å². The Morgan fingerprint density at radius 3 is 1.29 bits per heavy atom. The molecule has 0 rings (SSSR count). The van der Waals surface area contributed by atoms with Crippen molar-refractivity contribution in [1.29, 1.82) is 0 Å². The first kappa shape index (κ1) is 55.0. The summed E-state index contributed by atoms with van der Waals surface area (Å²) < 4.78 is 21.0. The summed E-state index contributed by atoms with van der Waals surface area (Å²) in [6.07, 6.45) is 19.8. The Morgan fingerprint density at radius 1 is 0.464 bits per heavy atom. The summed E-state index contributed by atoms with van der Waals surface area (Å²) in [4.78, 5) is 69.1. The van der Waals surface area contributed by atoms with Crippen LogP contribution in [0.4, 0.5) is 0 Å². The minimum absolute atomic E-state index is 0.0110. The lowest BCUT2D eigenvalue weighted by Crippen LogP contribution is -2.41. The predicted molar refractivity (Wildman–Crippen MR) is 215 cm³/mol. The molecule has 0 fully saturated rings. The van der Waals surface area contributed by atoms with Gasteiger partial charge in [-0.25, -0.2) is 4.79 Å². The Kier molecular flexibility index (Phi) is 42.2. The molecule has 328 valence electrons. The minimum atomic E-state index is -1.17. The van der Waals surface area contributed by atoms with Crippen LogP contribution >= 0.6 is 0 Å². The van der Waals surface area contributed by atoms with Crippen LogP contribution in [0.3, 0.4) is 0 Å². The summed E-state index contributed by atoms with van der Waals surface area (Å²) in [6, 6.07) is -1.12. The van der Waals surface area contributed by atoms with Crippen molar-refractivity contribution in [3.05, 3.63) is 0 Å². The summed E-state index contributed by atoms with van der Waals surface area (Å²) >= 11 is 0. The molecule has 0 aliphatic carbocycles. The highest BCUT2D eigenvalue weighted by molar-refractivity contribution is 5.84. The zero-order chi connectivity index (χ0) is 41.9. The van der Waals surface area contributed by atoms with Crippen molar-refractivity contribution in [2.24, 2.45) is 0 Å². The van der Waals surface area contributed by atoms with Gasteiger partial charge in [0.05, 0.1) is 39.6 Å². The normalized spacial score (nSPS) is 11.3. The maximum atomic E-state index is 12.3. The number of amides is 3. The Labute approximate surface area is 336 Å². The SMILES string of the molecule is CC.CC(=O)COCCOCCNC(=O)COCCOCCNC(=O)CC[C@H](NC(=O)CCCCCCCCCCCCCCCCCCCC(=O)O)C(=O)O. The summed E-state index contributed by atoms with van der Waals surface area (Å²) in [5, 5.41) is 26.0. The fourth-order valence-corrected chi connectivity index (χ4v) is 5.50. The van der Waals surface area contributed by atoms with Crippen molar-refractivity contribution in [2.45, 2.75) is 162 Å². The van der Waals surface area contributed by atoms with Crippen molar-refractivity contribution < 1.29 is 57.9 Å². The third-order valence-electron chi connectivity index (χ3n) is 8.51. The fraction of sp³-hybridized carbons (Fsp3) is 0.854. The number of Topliss-reactive ketones (excluding diaryl/α,β-unsaturated/α-hetero) is 1. The van der Waals surface area contributed by atoms with Gasteiger partial charge in [0.15, 0.2) is 5.78 Å². The number of ketones is 1. The summed E-state index contributed by atoms with van der Waals surface area (Å²) in [7, 11) is 0. The van der Waals surface area contributed by atoms with Gasteiger partial charge in [-0.1, -0.05) is 110 Å². The van der Waals surface area contributed by atoms with Crippen molar-refractivity contribution in [1.82, 2.24) is 16.0 Å². The van der Waals surface area contributed by atoms with E-state index in [4.69, 9.17) is 24.1 Å². The molecule has 0 aliphatic heterocycles. The number of nitrogens with one attached hydrogen (secondary N) is 3. The van der Waals surface area contributed by atoms with Crippen molar-refractivity contribution >= 4 is 35.4 Å². The van der Waals surface area contributed by atoms with Gasteiger partial charge in [0.1, 0.15) is 19.3 Å². The van der Waals surface area contributed by atoms with Crippen LogP contribution in [0.2, 0.25) is 0 Å². The molecule has 0 heterocycles. The van der Waals surface area contributed by atoms with E-state index in [1.807, 2.05) is 13.8 Å². The molecule has 0 aromatic carbocycles. The number of aliphatic carboxylic acids is 2. The van der Waals surface area contributed by atoms with Gasteiger partial charge in [0.25, 0.3) is 0 Å². The van der Waals surface area contributed by atoms with Gasteiger partial charge in [0.2, 0.25) is 17.7 Å². The van der Waals surface area contributed by atoms with Crippen molar-refractivity contribution in [2.75, 3.05) is 65.9 Å². The van der Waals surface area contributed by atoms with Crippen LogP contribution in [0, 0.1) is 0 Å². The fourth-order valence-electron chi connectivity index (χ4n) is 5.50. The van der Waals surface area contributed by atoms with Gasteiger partial charge in [-0.05, 0) is 26.2 Å². The lowest BCUT2D eigenvalue weighted by atomic mass is 10.0. The Bertz CT molecular complexity index is 999. The number of carboxylic acids is 2. The molecule has 0 radical (unpaired) electrons. The molecule has 0 saturated heterocycles. The van der Waals surface area contributed by atoms with Crippen LogP contribution in [0.5, 0.6) is 0 Å². The zero-order valence-electron chi connectivity index (χ0n) is 35.0. The standard InChI is InChI=1S/C39H71N3O12.C2H6/c1-33(43)31-53-29-27-52-26-24-41-37(46)32-54-30-28-51-25-23-40-35(44)22-21-34(39(49)50)42-36(45)19-17-15-13-11-9-7-5-3-2-4-6-8-10-12-14-16-18-20-38(47)48;1-2/h34H,2-32H2,1H3,(H,40,44)(H,41,46)(H,42,45)(H,47,48)(H,49,50);1-2H3/t34-;/m0./s1. The summed E-state index contributed by atoms with van der Waals surface area (Å²) in [5.74, 6) is -2.87. The molecule has 15 heteroatoms. The smallest absolute Gasteiger partial charge is 0.326 e. The lowest BCUT2D eigenvalue weighted by Gasteiger charge is -2.14. The van der Waals surface area contributed by atoms with Crippen LogP contribution in [0.1, 0.15) is 156 Å². The Morgan fingerprint density at radius 2 is 0.857 bits per heavy atom. The van der Waals surface area contributed by atoms with Crippen LogP contribution in [-0.4, -0.2) is 118 Å². The second-order valence-corrected chi connectivity index (χ2v) is 13.6. The zero-order valence-corrected chi connectivity index (χ0v) is 35.0. The molecule has 56 heavy (non-hydrogen) atoms. The average Bonchev–Trinajstić information content (AvgIpc) is 3.16. The number of carboxylic acid groups (broad SMARTS) is 2. The summed E-state index contributed by atoms with van der Waals surface area (Å²) in [6.45, 7) is 7.49. The average molecular weight is 804 g/mol. The molecule has 0 aromatic rings. The number of hydrogen-bond acceptors (Lipinski definition) is 10. The van der Waals surface area contributed by atoms with E-state index in [1.165, 1.54) is 71.1 Å². The molecular formula is C41H77N3O12. The first-order valence-corrected chi connectivity index (χ1v) is 21.2. The highest BCUT2D eigenvalue weighted by Gasteiger charge is 2.20. The van der Waals surface area contributed by atoms with E-state index in [0.717, 1.165) is 38.5 Å². The second-order valence-electron chi connectivity index (χ2n) is 13.6. The largest absolute Gasteiger partial charge is 0.481 e. The molecule has 0 saturated carbocycles. The highest BCUT2D eigenvalue weighted by atomic mass is 16.5. The predicted octanol–water partition coefficient (Wildman–Crippen LogP) is 5.75. The van der Waals surface area contributed by atoms with Gasteiger partial charge in [-0.3, -0.25) is 24.0 Å². The molecule has 0 aliphatic rings. The maximum Gasteiger partial charge on any atom is 0.326 e. The number of carbonyl (C=O) groups is 6. The van der Waals surface area contributed by atoms with E-state index in [2.05, 4.69) is 16.0 Å². The molecule has 0 unspecified atom stereocenters. The summed E-state index contributed by atoms with van der Waals surface area (Å²) in [5.41, 5.74) is 0. The van der Waals surface area contributed by atoms with Gasteiger partial charge in [-0.15, -0.1) is 0 Å². The molecule has 0 spiro atoms. The van der Waals surface area contributed by atoms with E-state index in [1.54, 1.807) is 0 Å². The van der Waals surface area contributed by atoms with E-state index in [-0.39, 0.29) is 88.8 Å². The Hall–Kier alpha value is -3.14. The first-order chi connectivity index (χ1) is 27.1.